The molecule has 0 saturated heterocycles. The van der Waals surface area contributed by atoms with Crippen molar-refractivity contribution in [2.45, 2.75) is 13.3 Å². The molecule has 0 aliphatic carbocycles. The van der Waals surface area contributed by atoms with Crippen LogP contribution in [0.2, 0.25) is 0 Å². The molecule has 2 aromatic carbocycles. The predicted molar refractivity (Wildman–Crippen MR) is 87.8 cm³/mol. The van der Waals surface area contributed by atoms with Crippen LogP contribution in [0.15, 0.2) is 42.5 Å². The molecule has 7 heteroatoms. The zero-order chi connectivity index (χ0) is 17.5. The molecule has 0 unspecified atom stereocenters. The molecule has 0 atom stereocenters. The van der Waals surface area contributed by atoms with Crippen LogP contribution < -0.4 is 16.0 Å². The van der Waals surface area contributed by atoms with E-state index in [0.29, 0.717) is 18.7 Å². The minimum absolute atomic E-state index is 0.00777. The fourth-order valence-electron chi connectivity index (χ4n) is 2.04. The van der Waals surface area contributed by atoms with Gasteiger partial charge in [0.15, 0.2) is 0 Å². The maximum absolute atomic E-state index is 13.5. The highest BCUT2D eigenvalue weighted by Crippen LogP contribution is 2.19. The van der Waals surface area contributed by atoms with Crippen LogP contribution in [0.5, 0.6) is 0 Å². The molecule has 0 bridgehead atoms. The van der Waals surface area contributed by atoms with Gasteiger partial charge in [-0.1, -0.05) is 12.1 Å². The second-order valence-electron chi connectivity index (χ2n) is 5.13. The first kappa shape index (κ1) is 17.4. The number of amides is 3. The molecule has 0 spiro atoms. The number of carbonyl (C=O) groups excluding carboxylic acids is 2. The third-order valence-corrected chi connectivity index (χ3v) is 3.15. The minimum atomic E-state index is -0.590. The molecule has 0 aliphatic heterocycles. The normalized spacial score (nSPS) is 10.1. The Kier molecular flexibility index (Phi) is 5.83. The highest BCUT2D eigenvalue weighted by Gasteiger charge is 2.07. The summed E-state index contributed by atoms with van der Waals surface area (Å²) in [7, 11) is 0. The Morgan fingerprint density at radius 2 is 1.71 bits per heavy atom. The van der Waals surface area contributed by atoms with Gasteiger partial charge in [-0.2, -0.15) is 0 Å². The summed E-state index contributed by atoms with van der Waals surface area (Å²) < 4.78 is 26.3. The first-order valence-electron chi connectivity index (χ1n) is 7.30. The smallest absolute Gasteiger partial charge is 0.319 e. The fraction of sp³-hybridized carbons (Fsp3) is 0.176. The number of rotatable bonds is 5. The predicted octanol–water partition coefficient (Wildman–Crippen LogP) is 3.29. The van der Waals surface area contributed by atoms with Crippen molar-refractivity contribution in [1.82, 2.24) is 5.32 Å². The Labute approximate surface area is 138 Å². The summed E-state index contributed by atoms with van der Waals surface area (Å²) in [6.45, 7) is 1.62. The van der Waals surface area contributed by atoms with E-state index in [1.54, 1.807) is 12.1 Å². The Morgan fingerprint density at radius 1 is 1.00 bits per heavy atom. The molecule has 0 radical (unpaired) electrons. The van der Waals surface area contributed by atoms with Gasteiger partial charge < -0.3 is 16.0 Å². The second kappa shape index (κ2) is 8.05. The Bertz CT molecular complexity index is 733. The van der Waals surface area contributed by atoms with Crippen molar-refractivity contribution in [2.75, 3.05) is 17.2 Å². The first-order valence-corrected chi connectivity index (χ1v) is 7.30. The Hall–Kier alpha value is -2.96. The molecule has 3 amide bonds. The summed E-state index contributed by atoms with van der Waals surface area (Å²) in [5.41, 5.74) is 1.23. The molecule has 2 rings (SSSR count). The summed E-state index contributed by atoms with van der Waals surface area (Å²) in [5.74, 6) is -1.31. The van der Waals surface area contributed by atoms with E-state index in [1.165, 1.54) is 31.2 Å². The lowest BCUT2D eigenvalue weighted by molar-refractivity contribution is -0.114. The highest BCUT2D eigenvalue weighted by molar-refractivity contribution is 5.92. The summed E-state index contributed by atoms with van der Waals surface area (Å²) in [6, 6.07) is 9.42. The number of carbonyl (C=O) groups is 2. The number of hydrogen-bond acceptors (Lipinski definition) is 2. The molecular formula is C17H17F2N3O2. The third-order valence-electron chi connectivity index (χ3n) is 3.15. The lowest BCUT2D eigenvalue weighted by atomic mass is 10.1. The monoisotopic (exact) mass is 333 g/mol. The standard InChI is InChI=1S/C17H17F2N3O2/c1-11(23)21-16-10-14(6-7-15(16)19)22-17(24)20-9-8-12-2-4-13(18)5-3-12/h2-7,10H,8-9H2,1H3,(H,21,23)(H2,20,22,24). The van der Waals surface area contributed by atoms with Gasteiger partial charge in [0.1, 0.15) is 11.6 Å². The molecule has 0 fully saturated rings. The van der Waals surface area contributed by atoms with Gasteiger partial charge in [0.25, 0.3) is 0 Å². The van der Waals surface area contributed by atoms with Gasteiger partial charge >= 0.3 is 6.03 Å². The summed E-state index contributed by atoms with van der Waals surface area (Å²) >= 11 is 0. The van der Waals surface area contributed by atoms with Gasteiger partial charge in [0.2, 0.25) is 5.91 Å². The van der Waals surface area contributed by atoms with Gasteiger partial charge in [-0.15, -0.1) is 0 Å². The molecule has 5 nitrogen and oxygen atoms in total. The Morgan fingerprint density at radius 3 is 2.38 bits per heavy atom. The number of anilines is 2. The maximum Gasteiger partial charge on any atom is 0.319 e. The molecule has 2 aromatic rings. The molecule has 0 heterocycles. The number of nitrogens with one attached hydrogen (secondary N) is 3. The van der Waals surface area contributed by atoms with Crippen molar-refractivity contribution in [3.8, 4) is 0 Å². The van der Waals surface area contributed by atoms with E-state index in [4.69, 9.17) is 0 Å². The number of hydrogen-bond donors (Lipinski definition) is 3. The molecular weight excluding hydrogens is 316 g/mol. The van der Waals surface area contributed by atoms with E-state index in [9.17, 15) is 18.4 Å². The van der Waals surface area contributed by atoms with E-state index < -0.39 is 17.8 Å². The van der Waals surface area contributed by atoms with E-state index in [-0.39, 0.29) is 11.5 Å². The minimum Gasteiger partial charge on any atom is -0.338 e. The SMILES string of the molecule is CC(=O)Nc1cc(NC(=O)NCCc2ccc(F)cc2)ccc1F. The van der Waals surface area contributed by atoms with Crippen LogP contribution in [0.4, 0.5) is 25.0 Å². The number of halogens is 2. The highest BCUT2D eigenvalue weighted by atomic mass is 19.1. The van der Waals surface area contributed by atoms with Crippen molar-refractivity contribution >= 4 is 23.3 Å². The summed E-state index contributed by atoms with van der Waals surface area (Å²) in [4.78, 5) is 22.8. The van der Waals surface area contributed by atoms with Gasteiger partial charge in [-0.05, 0) is 42.3 Å². The lowest BCUT2D eigenvalue weighted by Gasteiger charge is -2.10. The zero-order valence-electron chi connectivity index (χ0n) is 13.0. The summed E-state index contributed by atoms with van der Waals surface area (Å²) in [6.07, 6.45) is 0.550. The van der Waals surface area contributed by atoms with Crippen LogP contribution in [-0.4, -0.2) is 18.5 Å². The van der Waals surface area contributed by atoms with Crippen LogP contribution >= 0.6 is 0 Å². The maximum atomic E-state index is 13.5. The van der Waals surface area contributed by atoms with Crippen LogP contribution in [0.25, 0.3) is 0 Å². The average Bonchev–Trinajstić information content (AvgIpc) is 2.52. The molecule has 3 N–H and O–H groups in total. The summed E-state index contributed by atoms with van der Waals surface area (Å²) in [5, 5.41) is 7.53. The van der Waals surface area contributed by atoms with E-state index >= 15 is 0 Å². The zero-order valence-corrected chi connectivity index (χ0v) is 13.0. The van der Waals surface area contributed by atoms with Crippen molar-refractivity contribution < 1.29 is 18.4 Å². The molecule has 0 aliphatic rings. The number of urea groups is 1. The van der Waals surface area contributed by atoms with Crippen LogP contribution in [0, 0.1) is 11.6 Å². The lowest BCUT2D eigenvalue weighted by Crippen LogP contribution is -2.30. The molecule has 0 saturated carbocycles. The topological polar surface area (TPSA) is 70.2 Å². The van der Waals surface area contributed by atoms with Gasteiger partial charge in [-0.25, -0.2) is 13.6 Å². The largest absolute Gasteiger partial charge is 0.338 e. The van der Waals surface area contributed by atoms with Crippen molar-refractivity contribution in [3.63, 3.8) is 0 Å². The first-order chi connectivity index (χ1) is 11.4. The molecule has 126 valence electrons. The van der Waals surface area contributed by atoms with Crippen molar-refractivity contribution in [3.05, 3.63) is 59.7 Å². The van der Waals surface area contributed by atoms with Gasteiger partial charge in [0.05, 0.1) is 5.69 Å². The second-order valence-corrected chi connectivity index (χ2v) is 5.13. The molecule has 0 aromatic heterocycles. The van der Waals surface area contributed by atoms with Crippen molar-refractivity contribution in [2.24, 2.45) is 0 Å². The number of benzene rings is 2. The van der Waals surface area contributed by atoms with Crippen LogP contribution in [0.1, 0.15) is 12.5 Å². The van der Waals surface area contributed by atoms with Gasteiger partial charge in [-0.3, -0.25) is 4.79 Å². The van der Waals surface area contributed by atoms with Crippen molar-refractivity contribution in [1.29, 1.82) is 0 Å². The quantitative estimate of drug-likeness (QED) is 0.786. The molecule has 24 heavy (non-hydrogen) atoms. The van der Waals surface area contributed by atoms with Gasteiger partial charge in [0, 0.05) is 19.2 Å². The fourth-order valence-corrected chi connectivity index (χ4v) is 2.04. The van der Waals surface area contributed by atoms with Crippen LogP contribution in [0.3, 0.4) is 0 Å². The van der Waals surface area contributed by atoms with E-state index in [0.717, 1.165) is 11.6 Å². The van der Waals surface area contributed by atoms with Crippen LogP contribution in [-0.2, 0) is 11.2 Å². The third kappa shape index (κ3) is 5.35. The van der Waals surface area contributed by atoms with E-state index in [2.05, 4.69) is 16.0 Å². The average molecular weight is 333 g/mol. The van der Waals surface area contributed by atoms with E-state index in [1.807, 2.05) is 0 Å². The Balaban J connectivity index is 1.85.